The summed E-state index contributed by atoms with van der Waals surface area (Å²) in [7, 11) is 1.34. The number of esters is 1. The van der Waals surface area contributed by atoms with Gasteiger partial charge in [0.05, 0.1) is 30.9 Å². The van der Waals surface area contributed by atoms with Gasteiger partial charge in [0.25, 0.3) is 5.56 Å². The van der Waals surface area contributed by atoms with E-state index in [-0.39, 0.29) is 5.56 Å². The minimum atomic E-state index is -0.410. The first-order valence-electron chi connectivity index (χ1n) is 8.48. The van der Waals surface area contributed by atoms with Gasteiger partial charge >= 0.3 is 5.97 Å². The van der Waals surface area contributed by atoms with Crippen LogP contribution in [0.5, 0.6) is 5.75 Å². The lowest BCUT2D eigenvalue weighted by molar-refractivity contribution is 0.0600. The quantitative estimate of drug-likeness (QED) is 0.646. The molecule has 7 heteroatoms. The number of hydrogen-bond donors (Lipinski definition) is 0. The Morgan fingerprint density at radius 1 is 1.35 bits per heavy atom. The summed E-state index contributed by atoms with van der Waals surface area (Å²) in [5, 5.41) is 0.776. The highest BCUT2D eigenvalue weighted by Gasteiger charge is 2.21. The molecular formula is C19H18N2O4S. The van der Waals surface area contributed by atoms with Crippen molar-refractivity contribution in [2.75, 3.05) is 13.7 Å². The molecule has 0 aliphatic heterocycles. The monoisotopic (exact) mass is 370 g/mol. The fraction of sp³-hybridized carbons (Fsp3) is 0.316. The maximum absolute atomic E-state index is 12.8. The standard InChI is InChI=1S/C19H18N2O4S/c1-24-19(23)12-4-2-5-13(10-12)25-9-8-21-11-20-17-16(18(21)22)14-6-3-7-15(14)26-17/h2,4-5,10-11H,3,6-9H2,1H3. The van der Waals surface area contributed by atoms with Gasteiger partial charge in [-0.1, -0.05) is 6.07 Å². The van der Waals surface area contributed by atoms with E-state index in [4.69, 9.17) is 9.47 Å². The Balaban J connectivity index is 1.50. The van der Waals surface area contributed by atoms with Gasteiger partial charge in [-0.25, -0.2) is 9.78 Å². The molecule has 134 valence electrons. The average molecular weight is 370 g/mol. The van der Waals surface area contributed by atoms with Crippen molar-refractivity contribution < 1.29 is 14.3 Å². The molecule has 2 aromatic heterocycles. The molecular weight excluding hydrogens is 352 g/mol. The van der Waals surface area contributed by atoms with Crippen LogP contribution < -0.4 is 10.3 Å². The van der Waals surface area contributed by atoms with Gasteiger partial charge in [0.15, 0.2) is 0 Å². The van der Waals surface area contributed by atoms with Gasteiger partial charge in [-0.3, -0.25) is 9.36 Å². The highest BCUT2D eigenvalue weighted by Crippen LogP contribution is 2.34. The molecule has 2 heterocycles. The molecule has 0 fully saturated rings. The number of aromatic nitrogens is 2. The maximum Gasteiger partial charge on any atom is 0.337 e. The second-order valence-electron chi connectivity index (χ2n) is 6.15. The zero-order valence-corrected chi connectivity index (χ0v) is 15.2. The fourth-order valence-corrected chi connectivity index (χ4v) is 4.49. The summed E-state index contributed by atoms with van der Waals surface area (Å²) in [6.45, 7) is 0.707. The van der Waals surface area contributed by atoms with E-state index in [2.05, 4.69) is 4.98 Å². The van der Waals surface area contributed by atoms with E-state index in [0.717, 1.165) is 29.5 Å². The minimum absolute atomic E-state index is 0.00121. The van der Waals surface area contributed by atoms with E-state index in [1.807, 2.05) is 0 Å². The largest absolute Gasteiger partial charge is 0.492 e. The number of carbonyl (C=O) groups excluding carboxylic acids is 1. The highest BCUT2D eigenvalue weighted by molar-refractivity contribution is 7.18. The van der Waals surface area contributed by atoms with Crippen molar-refractivity contribution in [3.05, 3.63) is 57.0 Å². The molecule has 0 amide bonds. The number of carbonyl (C=O) groups is 1. The summed E-state index contributed by atoms with van der Waals surface area (Å²) in [5.74, 6) is 0.152. The van der Waals surface area contributed by atoms with E-state index in [0.29, 0.717) is 24.5 Å². The van der Waals surface area contributed by atoms with Gasteiger partial charge in [0.2, 0.25) is 0 Å². The number of methoxy groups -OCH3 is 1. The van der Waals surface area contributed by atoms with E-state index >= 15 is 0 Å². The third kappa shape index (κ3) is 2.99. The van der Waals surface area contributed by atoms with Crippen molar-refractivity contribution >= 4 is 27.5 Å². The average Bonchev–Trinajstić information content (AvgIpc) is 3.24. The van der Waals surface area contributed by atoms with Crippen LogP contribution in [0, 0.1) is 0 Å². The molecule has 0 atom stereocenters. The normalized spacial score (nSPS) is 13.0. The number of rotatable bonds is 5. The van der Waals surface area contributed by atoms with Crippen LogP contribution in [0.2, 0.25) is 0 Å². The molecule has 3 aromatic rings. The fourth-order valence-electron chi connectivity index (χ4n) is 3.27. The number of thiophene rings is 1. The minimum Gasteiger partial charge on any atom is -0.492 e. The Labute approximate surface area is 154 Å². The van der Waals surface area contributed by atoms with Crippen molar-refractivity contribution in [2.24, 2.45) is 0 Å². The number of hydrogen-bond acceptors (Lipinski definition) is 6. The molecule has 1 aliphatic rings. The molecule has 0 N–H and O–H groups in total. The lowest BCUT2D eigenvalue weighted by Gasteiger charge is -2.09. The van der Waals surface area contributed by atoms with Crippen LogP contribution in [0.15, 0.2) is 35.4 Å². The molecule has 26 heavy (non-hydrogen) atoms. The van der Waals surface area contributed by atoms with Crippen LogP contribution in [-0.4, -0.2) is 29.2 Å². The SMILES string of the molecule is COC(=O)c1cccc(OCCn2cnc3sc4c(c3c2=O)CCC4)c1. The summed E-state index contributed by atoms with van der Waals surface area (Å²) in [6.07, 6.45) is 4.72. The summed E-state index contributed by atoms with van der Waals surface area (Å²) >= 11 is 1.64. The van der Waals surface area contributed by atoms with Crippen molar-refractivity contribution in [3.63, 3.8) is 0 Å². The highest BCUT2D eigenvalue weighted by atomic mass is 32.1. The number of aryl methyl sites for hydroxylation is 2. The Bertz CT molecular complexity index is 1040. The molecule has 6 nitrogen and oxygen atoms in total. The molecule has 4 rings (SSSR count). The second kappa shape index (κ2) is 6.92. The first-order chi connectivity index (χ1) is 12.7. The predicted octanol–water partition coefficient (Wildman–Crippen LogP) is 2.81. The van der Waals surface area contributed by atoms with Crippen LogP contribution in [0.1, 0.15) is 27.2 Å². The predicted molar refractivity (Wildman–Crippen MR) is 99.2 cm³/mol. The molecule has 0 saturated carbocycles. The van der Waals surface area contributed by atoms with Gasteiger partial charge in [-0.2, -0.15) is 0 Å². The van der Waals surface area contributed by atoms with Gasteiger partial charge in [0.1, 0.15) is 17.2 Å². The van der Waals surface area contributed by atoms with Gasteiger partial charge < -0.3 is 9.47 Å². The Morgan fingerprint density at radius 3 is 3.08 bits per heavy atom. The Morgan fingerprint density at radius 2 is 2.23 bits per heavy atom. The smallest absolute Gasteiger partial charge is 0.337 e. The lowest BCUT2D eigenvalue weighted by Crippen LogP contribution is -2.23. The van der Waals surface area contributed by atoms with E-state index < -0.39 is 5.97 Å². The van der Waals surface area contributed by atoms with Crippen molar-refractivity contribution in [1.29, 1.82) is 0 Å². The summed E-state index contributed by atoms with van der Waals surface area (Å²) in [6, 6.07) is 6.79. The van der Waals surface area contributed by atoms with E-state index in [9.17, 15) is 9.59 Å². The van der Waals surface area contributed by atoms with Crippen LogP contribution in [0.25, 0.3) is 10.2 Å². The van der Waals surface area contributed by atoms with Gasteiger partial charge in [-0.15, -0.1) is 11.3 Å². The van der Waals surface area contributed by atoms with E-state index in [1.54, 1.807) is 46.5 Å². The van der Waals surface area contributed by atoms with Crippen LogP contribution >= 0.6 is 11.3 Å². The molecule has 1 aliphatic carbocycles. The van der Waals surface area contributed by atoms with Crippen molar-refractivity contribution in [2.45, 2.75) is 25.8 Å². The molecule has 0 radical (unpaired) electrons. The summed E-state index contributed by atoms with van der Waals surface area (Å²) < 4.78 is 12.0. The maximum atomic E-state index is 12.8. The molecule has 0 saturated heterocycles. The third-order valence-electron chi connectivity index (χ3n) is 4.55. The van der Waals surface area contributed by atoms with Crippen molar-refractivity contribution in [3.8, 4) is 5.75 Å². The van der Waals surface area contributed by atoms with Gasteiger partial charge in [-0.05, 0) is 43.0 Å². The Hall–Kier alpha value is -2.67. The number of ether oxygens (including phenoxy) is 2. The second-order valence-corrected chi connectivity index (χ2v) is 7.23. The zero-order chi connectivity index (χ0) is 18.1. The van der Waals surface area contributed by atoms with Crippen LogP contribution in [0.3, 0.4) is 0 Å². The lowest BCUT2D eigenvalue weighted by atomic mass is 10.2. The first kappa shape index (κ1) is 16.8. The molecule has 0 unspecified atom stereocenters. The molecule has 0 spiro atoms. The Kier molecular flexibility index (Phi) is 4.46. The van der Waals surface area contributed by atoms with Crippen LogP contribution in [-0.2, 0) is 24.1 Å². The first-order valence-corrected chi connectivity index (χ1v) is 9.30. The molecule has 0 bridgehead atoms. The van der Waals surface area contributed by atoms with Crippen molar-refractivity contribution in [1.82, 2.24) is 9.55 Å². The molecule has 1 aromatic carbocycles. The number of benzene rings is 1. The number of fused-ring (bicyclic) bond motifs is 3. The van der Waals surface area contributed by atoms with Gasteiger partial charge in [0, 0.05) is 4.88 Å². The van der Waals surface area contributed by atoms with E-state index in [1.165, 1.54) is 17.6 Å². The van der Waals surface area contributed by atoms with Crippen LogP contribution in [0.4, 0.5) is 0 Å². The zero-order valence-electron chi connectivity index (χ0n) is 14.4. The topological polar surface area (TPSA) is 70.4 Å². The number of nitrogens with zero attached hydrogens (tertiary/aromatic N) is 2. The summed E-state index contributed by atoms with van der Waals surface area (Å²) in [5.41, 5.74) is 1.61. The third-order valence-corrected chi connectivity index (χ3v) is 5.75. The summed E-state index contributed by atoms with van der Waals surface area (Å²) in [4.78, 5) is 30.9.